The van der Waals surface area contributed by atoms with E-state index < -0.39 is 10.0 Å². The van der Waals surface area contributed by atoms with Gasteiger partial charge in [0.05, 0.1) is 17.0 Å². The monoisotopic (exact) mass is 498 g/mol. The van der Waals surface area contributed by atoms with E-state index in [4.69, 9.17) is 5.10 Å². The van der Waals surface area contributed by atoms with E-state index in [9.17, 15) is 13.2 Å². The first-order valence-electron chi connectivity index (χ1n) is 10.5. The fourth-order valence-electron chi connectivity index (χ4n) is 3.86. The number of benzene rings is 1. The van der Waals surface area contributed by atoms with Crippen LogP contribution >= 0.6 is 22.7 Å². The molecular formula is C23H22N4O3S3. The van der Waals surface area contributed by atoms with Crippen molar-refractivity contribution in [2.24, 2.45) is 0 Å². The number of hydrogen-bond acceptors (Lipinski definition) is 6. The summed E-state index contributed by atoms with van der Waals surface area (Å²) < 4.78 is 29.2. The fourth-order valence-corrected chi connectivity index (χ4v) is 7.15. The van der Waals surface area contributed by atoms with E-state index in [1.807, 2.05) is 47.8 Å². The van der Waals surface area contributed by atoms with Crippen LogP contribution in [-0.4, -0.2) is 59.5 Å². The van der Waals surface area contributed by atoms with E-state index in [1.54, 1.807) is 44.6 Å². The molecule has 0 radical (unpaired) electrons. The quantitative estimate of drug-likeness (QED) is 0.405. The number of thiophene rings is 2. The highest BCUT2D eigenvalue weighted by Crippen LogP contribution is 2.29. The van der Waals surface area contributed by atoms with Gasteiger partial charge in [0, 0.05) is 32.4 Å². The van der Waals surface area contributed by atoms with Crippen molar-refractivity contribution in [1.82, 2.24) is 19.0 Å². The predicted octanol–water partition coefficient (Wildman–Crippen LogP) is 3.87. The summed E-state index contributed by atoms with van der Waals surface area (Å²) in [6.45, 7) is 1.81. The van der Waals surface area contributed by atoms with E-state index in [1.165, 1.54) is 15.6 Å². The Bertz CT molecular complexity index is 1320. The first-order valence-corrected chi connectivity index (χ1v) is 13.7. The zero-order valence-corrected chi connectivity index (χ0v) is 20.2. The molecule has 5 rings (SSSR count). The van der Waals surface area contributed by atoms with Crippen molar-refractivity contribution in [3.05, 3.63) is 82.7 Å². The number of sulfonamides is 1. The normalized spacial score (nSPS) is 15.1. The third-order valence-corrected chi connectivity index (χ3v) is 9.70. The highest BCUT2D eigenvalue weighted by Gasteiger charge is 2.32. The lowest BCUT2D eigenvalue weighted by Gasteiger charge is -2.33. The molecule has 33 heavy (non-hydrogen) atoms. The van der Waals surface area contributed by atoms with Crippen molar-refractivity contribution >= 4 is 38.6 Å². The lowest BCUT2D eigenvalue weighted by molar-refractivity contribution is 0.0698. The van der Waals surface area contributed by atoms with Crippen molar-refractivity contribution < 1.29 is 13.2 Å². The Morgan fingerprint density at radius 1 is 0.909 bits per heavy atom. The van der Waals surface area contributed by atoms with E-state index in [-0.39, 0.29) is 19.0 Å². The summed E-state index contributed by atoms with van der Waals surface area (Å²) in [6.07, 6.45) is 1.80. The van der Waals surface area contributed by atoms with Crippen molar-refractivity contribution in [1.29, 1.82) is 0 Å². The Hall–Kier alpha value is -2.79. The standard InChI is InChI=1S/C23H22N4O3S3/c28-23(25-10-12-27(13-11-25)33(29,30)21-9-5-15-32-21)19-17-26(16-18-6-2-1-3-7-18)24-22(19)20-8-4-14-31-20/h1-9,14-15,17H,10-13,16H2. The van der Waals surface area contributed by atoms with Gasteiger partial charge in [-0.2, -0.15) is 9.40 Å². The molecule has 1 aliphatic heterocycles. The zero-order chi connectivity index (χ0) is 22.8. The number of amides is 1. The summed E-state index contributed by atoms with van der Waals surface area (Å²) in [4.78, 5) is 16.1. The lowest BCUT2D eigenvalue weighted by atomic mass is 10.2. The minimum Gasteiger partial charge on any atom is -0.336 e. The van der Waals surface area contributed by atoms with Gasteiger partial charge in [-0.3, -0.25) is 9.48 Å². The van der Waals surface area contributed by atoms with Gasteiger partial charge in [-0.1, -0.05) is 42.5 Å². The molecule has 170 valence electrons. The van der Waals surface area contributed by atoms with E-state index in [0.29, 0.717) is 35.1 Å². The number of rotatable bonds is 6. The Morgan fingerprint density at radius 3 is 2.30 bits per heavy atom. The summed E-state index contributed by atoms with van der Waals surface area (Å²) in [5.74, 6) is -0.120. The number of carbonyl (C=O) groups excluding carboxylic acids is 1. The molecule has 10 heteroatoms. The molecule has 1 aromatic carbocycles. The topological polar surface area (TPSA) is 75.5 Å². The van der Waals surface area contributed by atoms with Crippen LogP contribution < -0.4 is 0 Å². The van der Waals surface area contributed by atoms with Gasteiger partial charge in [-0.15, -0.1) is 22.7 Å². The summed E-state index contributed by atoms with van der Waals surface area (Å²) in [5, 5.41) is 8.45. The first-order chi connectivity index (χ1) is 16.0. The van der Waals surface area contributed by atoms with Crippen LogP contribution in [0.5, 0.6) is 0 Å². The number of piperazine rings is 1. The number of hydrogen-bond donors (Lipinski definition) is 0. The fraction of sp³-hybridized carbons (Fsp3) is 0.217. The molecule has 1 amide bonds. The largest absolute Gasteiger partial charge is 0.336 e. The second kappa shape index (κ2) is 9.22. The second-order valence-corrected chi connectivity index (χ2v) is 11.7. The van der Waals surface area contributed by atoms with Crippen LogP contribution in [0.25, 0.3) is 10.6 Å². The molecule has 7 nitrogen and oxygen atoms in total. The summed E-state index contributed by atoms with van der Waals surface area (Å²) in [7, 11) is -3.51. The first kappa shape index (κ1) is 22.0. The maximum atomic E-state index is 13.5. The van der Waals surface area contributed by atoms with Gasteiger partial charge < -0.3 is 4.90 Å². The zero-order valence-electron chi connectivity index (χ0n) is 17.7. The molecule has 0 aliphatic carbocycles. The highest BCUT2D eigenvalue weighted by atomic mass is 32.2. The van der Waals surface area contributed by atoms with Gasteiger partial charge in [0.1, 0.15) is 9.90 Å². The Balaban J connectivity index is 1.36. The van der Waals surface area contributed by atoms with Gasteiger partial charge in [0.15, 0.2) is 0 Å². The van der Waals surface area contributed by atoms with Crippen molar-refractivity contribution in [3.63, 3.8) is 0 Å². The molecule has 0 N–H and O–H groups in total. The second-order valence-electron chi connectivity index (χ2n) is 7.68. The van der Waals surface area contributed by atoms with Crippen molar-refractivity contribution in [3.8, 4) is 10.6 Å². The third-order valence-electron chi connectivity index (χ3n) is 5.55. The predicted molar refractivity (Wildman–Crippen MR) is 130 cm³/mol. The maximum absolute atomic E-state index is 13.5. The molecule has 0 saturated carbocycles. The van der Waals surface area contributed by atoms with Crippen molar-refractivity contribution in [2.45, 2.75) is 10.8 Å². The Kier molecular flexibility index (Phi) is 6.15. The van der Waals surface area contributed by atoms with Gasteiger partial charge >= 0.3 is 0 Å². The minimum absolute atomic E-state index is 0.120. The van der Waals surface area contributed by atoms with Crippen LogP contribution in [0.2, 0.25) is 0 Å². The average Bonchev–Trinajstić information content (AvgIpc) is 3.61. The number of aromatic nitrogens is 2. The number of carbonyl (C=O) groups is 1. The van der Waals surface area contributed by atoms with Gasteiger partial charge in [0.2, 0.25) is 0 Å². The third kappa shape index (κ3) is 4.51. The maximum Gasteiger partial charge on any atom is 0.257 e. The summed E-state index contributed by atoms with van der Waals surface area (Å²) >= 11 is 2.75. The SMILES string of the molecule is O=C(c1cn(Cc2ccccc2)nc1-c1cccs1)N1CCN(S(=O)(=O)c2cccs2)CC1. The van der Waals surface area contributed by atoms with Crippen LogP contribution in [-0.2, 0) is 16.6 Å². The molecule has 0 bridgehead atoms. The van der Waals surface area contributed by atoms with Crippen LogP contribution in [0.4, 0.5) is 0 Å². The Labute approximate surface area is 200 Å². The highest BCUT2D eigenvalue weighted by molar-refractivity contribution is 7.91. The van der Waals surface area contributed by atoms with Crippen LogP contribution in [0, 0.1) is 0 Å². The smallest absolute Gasteiger partial charge is 0.257 e. The molecule has 3 aromatic heterocycles. The molecule has 4 heterocycles. The minimum atomic E-state index is -3.51. The average molecular weight is 499 g/mol. The van der Waals surface area contributed by atoms with Crippen molar-refractivity contribution in [2.75, 3.05) is 26.2 Å². The van der Waals surface area contributed by atoms with Crippen LogP contribution in [0.1, 0.15) is 15.9 Å². The van der Waals surface area contributed by atoms with E-state index in [0.717, 1.165) is 10.4 Å². The molecule has 0 unspecified atom stereocenters. The molecule has 0 spiro atoms. The van der Waals surface area contributed by atoms with Gasteiger partial charge in [-0.25, -0.2) is 8.42 Å². The van der Waals surface area contributed by atoms with E-state index in [2.05, 4.69) is 0 Å². The summed E-state index contributed by atoms with van der Waals surface area (Å²) in [6, 6.07) is 17.2. The van der Waals surface area contributed by atoms with Gasteiger partial charge in [0.25, 0.3) is 15.9 Å². The molecular weight excluding hydrogens is 476 g/mol. The summed E-state index contributed by atoms with van der Waals surface area (Å²) in [5.41, 5.74) is 2.31. The van der Waals surface area contributed by atoms with Crippen LogP contribution in [0.15, 0.2) is 75.8 Å². The van der Waals surface area contributed by atoms with Gasteiger partial charge in [-0.05, 0) is 28.5 Å². The van der Waals surface area contributed by atoms with E-state index >= 15 is 0 Å². The van der Waals surface area contributed by atoms with Crippen LogP contribution in [0.3, 0.4) is 0 Å². The number of nitrogens with zero attached hydrogens (tertiary/aromatic N) is 4. The molecule has 1 saturated heterocycles. The Morgan fingerprint density at radius 2 is 1.64 bits per heavy atom. The molecule has 1 aliphatic rings. The molecule has 1 fully saturated rings. The molecule has 4 aromatic rings. The molecule has 0 atom stereocenters. The lowest BCUT2D eigenvalue weighted by Crippen LogP contribution is -2.50.